The second-order valence-electron chi connectivity index (χ2n) is 11.9. The number of nitrogens with zero attached hydrogens (tertiary/aromatic N) is 2. The van der Waals surface area contributed by atoms with Crippen molar-refractivity contribution >= 4 is 28.2 Å². The Hall–Kier alpha value is -3.18. The Morgan fingerprint density at radius 1 is 0.750 bits per heavy atom. The first-order valence-corrected chi connectivity index (χ1v) is 12.9. The smallest absolute Gasteiger partial charge is 0.335 e. The summed E-state index contributed by atoms with van der Waals surface area (Å²) in [5.41, 5.74) is 5.57. The van der Waals surface area contributed by atoms with Crippen LogP contribution in [-0.4, -0.2) is 55.0 Å². The lowest BCUT2D eigenvalue weighted by Crippen LogP contribution is -2.46. The molecule has 5 heteroatoms. The maximum atomic E-state index is 13.9. The fourth-order valence-electron chi connectivity index (χ4n) is 5.87. The minimum atomic E-state index is -0.951. The Balaban J connectivity index is 1.62. The summed E-state index contributed by atoms with van der Waals surface area (Å²) in [6.07, 6.45) is 2.22. The van der Waals surface area contributed by atoms with Crippen molar-refractivity contribution in [2.24, 2.45) is 0 Å². The van der Waals surface area contributed by atoms with Crippen molar-refractivity contribution in [3.8, 4) is 0 Å². The van der Waals surface area contributed by atoms with Gasteiger partial charge in [0.05, 0.1) is 5.56 Å². The van der Waals surface area contributed by atoms with Crippen LogP contribution in [0.3, 0.4) is 0 Å². The number of carboxylic acids is 1. The van der Waals surface area contributed by atoms with E-state index in [0.717, 1.165) is 55.4 Å². The molecule has 2 aliphatic rings. The van der Waals surface area contributed by atoms with E-state index in [4.69, 9.17) is 0 Å². The molecule has 1 heterocycles. The molecule has 1 aliphatic heterocycles. The maximum absolute atomic E-state index is 13.9. The molecule has 0 aromatic heterocycles. The molecule has 0 amide bonds. The van der Waals surface area contributed by atoms with Crippen LogP contribution in [0.5, 0.6) is 0 Å². The molecule has 3 aromatic carbocycles. The molecule has 0 unspecified atom stereocenters. The Bertz CT molecular complexity index is 1360. The topological polar surface area (TPSA) is 60.9 Å². The number of carboxylic acid groups (broad SMARTS) is 1. The predicted octanol–water partition coefficient (Wildman–Crippen LogP) is 5.87. The summed E-state index contributed by atoms with van der Waals surface area (Å²) in [4.78, 5) is 30.1. The molecule has 5 rings (SSSR count). The van der Waals surface area contributed by atoms with Crippen LogP contribution in [0.1, 0.15) is 77.9 Å². The standard InChI is InChI=1S/C31H36N2O3/c1-30(2)10-11-31(3,4)27-25(30)18-24(19-26(27)33-14-12-32(5)13-15-33)28(34)22-8-6-21-17-23(29(35)36)9-7-20(21)16-22/h6-9,16-19H,10-15H2,1-5H3,(H,35,36). The van der Waals surface area contributed by atoms with Gasteiger partial charge in [-0.25, -0.2) is 4.79 Å². The lowest BCUT2D eigenvalue weighted by Gasteiger charge is -2.46. The number of carbonyl (C=O) groups is 2. The number of rotatable bonds is 4. The van der Waals surface area contributed by atoms with Gasteiger partial charge in [0.25, 0.3) is 0 Å². The maximum Gasteiger partial charge on any atom is 0.335 e. The second kappa shape index (κ2) is 8.74. The van der Waals surface area contributed by atoms with E-state index < -0.39 is 5.97 Å². The molecule has 36 heavy (non-hydrogen) atoms. The van der Waals surface area contributed by atoms with E-state index in [0.29, 0.717) is 5.56 Å². The first-order chi connectivity index (χ1) is 17.0. The molecular weight excluding hydrogens is 448 g/mol. The van der Waals surface area contributed by atoms with Gasteiger partial charge in [-0.15, -0.1) is 0 Å². The monoisotopic (exact) mass is 484 g/mol. The molecule has 1 fully saturated rings. The van der Waals surface area contributed by atoms with Gasteiger partial charge >= 0.3 is 5.97 Å². The quantitative estimate of drug-likeness (QED) is 0.469. The van der Waals surface area contributed by atoms with E-state index in [2.05, 4.69) is 56.7 Å². The van der Waals surface area contributed by atoms with Crippen LogP contribution in [0.25, 0.3) is 10.8 Å². The zero-order chi connectivity index (χ0) is 25.8. The van der Waals surface area contributed by atoms with Gasteiger partial charge in [-0.2, -0.15) is 0 Å². The lowest BCUT2D eigenvalue weighted by molar-refractivity contribution is 0.0697. The predicted molar refractivity (Wildman–Crippen MR) is 146 cm³/mol. The average Bonchev–Trinajstić information content (AvgIpc) is 2.85. The first kappa shape index (κ1) is 24.5. The Morgan fingerprint density at radius 3 is 1.97 bits per heavy atom. The van der Waals surface area contributed by atoms with Crippen LogP contribution in [0.4, 0.5) is 5.69 Å². The molecule has 188 valence electrons. The van der Waals surface area contributed by atoms with Crippen LogP contribution in [0.2, 0.25) is 0 Å². The normalized spacial score (nSPS) is 19.2. The van der Waals surface area contributed by atoms with E-state index in [1.807, 2.05) is 18.2 Å². The number of anilines is 1. The number of benzene rings is 3. The number of hydrogen-bond acceptors (Lipinski definition) is 4. The van der Waals surface area contributed by atoms with Crippen molar-refractivity contribution < 1.29 is 14.7 Å². The molecule has 0 saturated carbocycles. The molecular formula is C31H36N2O3. The fourth-order valence-corrected chi connectivity index (χ4v) is 5.87. The van der Waals surface area contributed by atoms with Gasteiger partial charge in [0.15, 0.2) is 5.78 Å². The molecule has 0 atom stereocenters. The molecule has 0 radical (unpaired) electrons. The Morgan fingerprint density at radius 2 is 1.33 bits per heavy atom. The van der Waals surface area contributed by atoms with Crippen molar-refractivity contribution in [2.45, 2.75) is 51.4 Å². The largest absolute Gasteiger partial charge is 0.478 e. The van der Waals surface area contributed by atoms with Gasteiger partial charge in [0.1, 0.15) is 0 Å². The van der Waals surface area contributed by atoms with Gasteiger partial charge in [-0.1, -0.05) is 45.9 Å². The number of likely N-dealkylation sites (N-methyl/N-ethyl adjacent to an activating group) is 1. The molecule has 5 nitrogen and oxygen atoms in total. The van der Waals surface area contributed by atoms with E-state index in [1.54, 1.807) is 18.2 Å². The molecule has 0 bridgehead atoms. The number of carbonyl (C=O) groups excluding carboxylic acids is 1. The summed E-state index contributed by atoms with van der Waals surface area (Å²) in [5, 5.41) is 11.0. The number of aromatic carboxylic acids is 1. The summed E-state index contributed by atoms with van der Waals surface area (Å²) in [7, 11) is 2.17. The molecule has 1 N–H and O–H groups in total. The molecule has 3 aromatic rings. The molecule has 1 aliphatic carbocycles. The Kier molecular flexibility index (Phi) is 5.95. The molecule has 1 saturated heterocycles. The van der Waals surface area contributed by atoms with Crippen LogP contribution in [-0.2, 0) is 10.8 Å². The summed E-state index contributed by atoms with van der Waals surface area (Å²) in [6.45, 7) is 13.2. The van der Waals surface area contributed by atoms with Gasteiger partial charge in [0.2, 0.25) is 0 Å². The third kappa shape index (κ3) is 4.30. The van der Waals surface area contributed by atoms with Crippen LogP contribution < -0.4 is 4.90 Å². The van der Waals surface area contributed by atoms with Gasteiger partial charge < -0.3 is 14.9 Å². The first-order valence-electron chi connectivity index (χ1n) is 12.9. The number of ketones is 1. The summed E-state index contributed by atoms with van der Waals surface area (Å²) >= 11 is 0. The van der Waals surface area contributed by atoms with Crippen molar-refractivity contribution in [3.05, 3.63) is 76.3 Å². The summed E-state index contributed by atoms with van der Waals surface area (Å²) in [6, 6.07) is 14.9. The highest BCUT2D eigenvalue weighted by atomic mass is 16.4. The average molecular weight is 485 g/mol. The minimum Gasteiger partial charge on any atom is -0.478 e. The highest BCUT2D eigenvalue weighted by Gasteiger charge is 2.40. The van der Waals surface area contributed by atoms with Crippen molar-refractivity contribution in [1.29, 1.82) is 0 Å². The van der Waals surface area contributed by atoms with Crippen molar-refractivity contribution in [1.82, 2.24) is 4.90 Å². The van der Waals surface area contributed by atoms with Crippen LogP contribution in [0, 0.1) is 0 Å². The second-order valence-corrected chi connectivity index (χ2v) is 11.9. The third-order valence-corrected chi connectivity index (χ3v) is 8.35. The number of hydrogen-bond donors (Lipinski definition) is 1. The highest BCUT2D eigenvalue weighted by molar-refractivity contribution is 6.11. The van der Waals surface area contributed by atoms with Gasteiger partial charge in [-0.05, 0) is 83.0 Å². The molecule has 0 spiro atoms. The summed E-state index contributed by atoms with van der Waals surface area (Å²) < 4.78 is 0. The van der Waals surface area contributed by atoms with E-state index in [-0.39, 0.29) is 22.2 Å². The fraction of sp³-hybridized carbons (Fsp3) is 0.419. The SMILES string of the molecule is CN1CCN(c2cc(C(=O)c3ccc4cc(C(=O)O)ccc4c3)cc3c2C(C)(C)CCC3(C)C)CC1. The lowest BCUT2D eigenvalue weighted by atomic mass is 9.62. The van der Waals surface area contributed by atoms with Gasteiger partial charge in [-0.3, -0.25) is 4.79 Å². The van der Waals surface area contributed by atoms with Gasteiger partial charge in [0, 0.05) is 43.0 Å². The zero-order valence-corrected chi connectivity index (χ0v) is 22.0. The Labute approximate surface area is 213 Å². The van der Waals surface area contributed by atoms with E-state index in [1.165, 1.54) is 16.8 Å². The number of fused-ring (bicyclic) bond motifs is 2. The van der Waals surface area contributed by atoms with Crippen LogP contribution >= 0.6 is 0 Å². The zero-order valence-electron chi connectivity index (χ0n) is 22.0. The van der Waals surface area contributed by atoms with Crippen molar-refractivity contribution in [2.75, 3.05) is 38.1 Å². The number of piperazine rings is 1. The van der Waals surface area contributed by atoms with Crippen molar-refractivity contribution in [3.63, 3.8) is 0 Å². The third-order valence-electron chi connectivity index (χ3n) is 8.35. The van der Waals surface area contributed by atoms with E-state index >= 15 is 0 Å². The van der Waals surface area contributed by atoms with E-state index in [9.17, 15) is 14.7 Å². The highest BCUT2D eigenvalue weighted by Crippen LogP contribution is 2.50. The van der Waals surface area contributed by atoms with Crippen LogP contribution in [0.15, 0.2) is 48.5 Å². The summed E-state index contributed by atoms with van der Waals surface area (Å²) in [5.74, 6) is -0.940. The minimum absolute atomic E-state index is 0.000903.